The van der Waals surface area contributed by atoms with Crippen LogP contribution in [0.2, 0.25) is 0 Å². The molecule has 3 N–H and O–H groups in total. The fraction of sp³-hybridized carbons (Fsp3) is 0.529. The molecule has 0 radical (unpaired) electrons. The highest BCUT2D eigenvalue weighted by molar-refractivity contribution is 5.82. The highest BCUT2D eigenvalue weighted by Gasteiger charge is 2.14. The molecule has 0 atom stereocenters. The van der Waals surface area contributed by atoms with Gasteiger partial charge in [-0.25, -0.2) is 0 Å². The molecule has 0 saturated heterocycles. The summed E-state index contributed by atoms with van der Waals surface area (Å²) in [6.07, 6.45) is 7.55. The number of oxime groups is 1. The molecule has 2 rings (SSSR count). The third-order valence-corrected chi connectivity index (χ3v) is 3.83. The van der Waals surface area contributed by atoms with Crippen LogP contribution in [0.3, 0.4) is 0 Å². The minimum absolute atomic E-state index is 0.0774. The number of carbonyl (C=O) groups excluding carboxylic acids is 1. The maximum absolute atomic E-state index is 11.8. The van der Waals surface area contributed by atoms with E-state index < -0.39 is 0 Å². The van der Waals surface area contributed by atoms with Gasteiger partial charge in [0.25, 0.3) is 5.91 Å². The van der Waals surface area contributed by atoms with Gasteiger partial charge in [0.15, 0.2) is 6.61 Å². The number of rotatable bonds is 6. The van der Waals surface area contributed by atoms with Crippen molar-refractivity contribution >= 4 is 11.7 Å². The third-order valence-electron chi connectivity index (χ3n) is 3.83. The van der Waals surface area contributed by atoms with Gasteiger partial charge in [0.2, 0.25) is 0 Å². The van der Waals surface area contributed by atoms with Gasteiger partial charge in [0, 0.05) is 12.5 Å². The van der Waals surface area contributed by atoms with E-state index in [1.807, 2.05) is 30.3 Å². The molecule has 1 fully saturated rings. The molecule has 1 amide bonds. The van der Waals surface area contributed by atoms with Crippen molar-refractivity contribution in [3.63, 3.8) is 0 Å². The van der Waals surface area contributed by atoms with Crippen molar-refractivity contribution < 1.29 is 9.63 Å². The molecule has 1 aliphatic rings. The summed E-state index contributed by atoms with van der Waals surface area (Å²) in [7, 11) is 0. The Labute approximate surface area is 131 Å². The standard InChI is InChI=1S/C17H25N3O2/c18-16(12-14-8-4-3-5-9-14)20-22-13-17(21)19-15-10-6-1-2-7-11-15/h3-5,8-9,15H,1-2,6-7,10-13H2,(H2,18,20)(H,19,21). The summed E-state index contributed by atoms with van der Waals surface area (Å²) < 4.78 is 0. The van der Waals surface area contributed by atoms with Crippen molar-refractivity contribution in [1.82, 2.24) is 5.32 Å². The minimum Gasteiger partial charge on any atom is -0.384 e. The number of amides is 1. The van der Waals surface area contributed by atoms with Gasteiger partial charge in [-0.3, -0.25) is 4.79 Å². The summed E-state index contributed by atoms with van der Waals surface area (Å²) in [4.78, 5) is 16.9. The molecule has 5 nitrogen and oxygen atoms in total. The molecule has 0 spiro atoms. The highest BCUT2D eigenvalue weighted by atomic mass is 16.6. The topological polar surface area (TPSA) is 76.7 Å². The smallest absolute Gasteiger partial charge is 0.260 e. The number of nitrogens with one attached hydrogen (secondary N) is 1. The number of carbonyl (C=O) groups is 1. The van der Waals surface area contributed by atoms with Crippen LogP contribution in [0, 0.1) is 0 Å². The number of amidine groups is 1. The molecule has 1 aromatic rings. The lowest BCUT2D eigenvalue weighted by Gasteiger charge is -2.15. The number of hydrogen-bond donors (Lipinski definition) is 2. The molecular weight excluding hydrogens is 278 g/mol. The van der Waals surface area contributed by atoms with Gasteiger partial charge in [0.05, 0.1) is 0 Å². The van der Waals surface area contributed by atoms with Gasteiger partial charge in [0.1, 0.15) is 5.84 Å². The van der Waals surface area contributed by atoms with E-state index in [-0.39, 0.29) is 18.6 Å². The Kier molecular flexibility index (Phi) is 6.74. The fourth-order valence-electron chi connectivity index (χ4n) is 2.70. The summed E-state index contributed by atoms with van der Waals surface area (Å²) >= 11 is 0. The Morgan fingerprint density at radius 1 is 1.18 bits per heavy atom. The second kappa shape index (κ2) is 9.07. The molecule has 1 aromatic carbocycles. The Balaban J connectivity index is 1.68. The molecule has 0 bridgehead atoms. The van der Waals surface area contributed by atoms with Crippen molar-refractivity contribution in [2.45, 2.75) is 51.0 Å². The third kappa shape index (κ3) is 6.16. The summed E-state index contributed by atoms with van der Waals surface area (Å²) in [6, 6.07) is 10.1. The minimum atomic E-state index is -0.122. The van der Waals surface area contributed by atoms with E-state index in [1.54, 1.807) is 0 Å². The molecule has 0 heterocycles. The molecular formula is C17H25N3O2. The number of nitrogens with two attached hydrogens (primary N) is 1. The average Bonchev–Trinajstić information content (AvgIpc) is 2.77. The number of hydrogen-bond acceptors (Lipinski definition) is 3. The second-order valence-electron chi connectivity index (χ2n) is 5.77. The van der Waals surface area contributed by atoms with Crippen LogP contribution < -0.4 is 11.1 Å². The van der Waals surface area contributed by atoms with Gasteiger partial charge in [-0.05, 0) is 18.4 Å². The normalized spacial score (nSPS) is 16.8. The van der Waals surface area contributed by atoms with Crippen molar-refractivity contribution in [1.29, 1.82) is 0 Å². The summed E-state index contributed by atoms with van der Waals surface area (Å²) in [5.41, 5.74) is 6.86. The van der Waals surface area contributed by atoms with Crippen molar-refractivity contribution in [3.8, 4) is 0 Å². The predicted octanol–water partition coefficient (Wildman–Crippen LogP) is 2.36. The Morgan fingerprint density at radius 3 is 2.55 bits per heavy atom. The van der Waals surface area contributed by atoms with E-state index in [0.29, 0.717) is 12.3 Å². The zero-order valence-corrected chi connectivity index (χ0v) is 13.0. The molecule has 0 aromatic heterocycles. The van der Waals surface area contributed by atoms with Crippen LogP contribution in [-0.4, -0.2) is 24.4 Å². The van der Waals surface area contributed by atoms with Crippen LogP contribution in [0.1, 0.15) is 44.1 Å². The fourth-order valence-corrected chi connectivity index (χ4v) is 2.70. The van der Waals surface area contributed by atoms with Gasteiger partial charge < -0.3 is 15.9 Å². The lowest BCUT2D eigenvalue weighted by atomic mass is 10.1. The molecule has 120 valence electrons. The molecule has 0 aliphatic heterocycles. The quantitative estimate of drug-likeness (QED) is 0.366. The summed E-state index contributed by atoms with van der Waals surface area (Å²) in [5.74, 6) is 0.247. The van der Waals surface area contributed by atoms with Crippen molar-refractivity contribution in [2.24, 2.45) is 10.9 Å². The summed E-state index contributed by atoms with van der Waals surface area (Å²) in [5, 5.41) is 6.81. The Bertz CT molecular complexity index is 480. The monoisotopic (exact) mass is 303 g/mol. The van der Waals surface area contributed by atoms with E-state index in [0.717, 1.165) is 18.4 Å². The largest absolute Gasteiger partial charge is 0.384 e. The van der Waals surface area contributed by atoms with Crippen molar-refractivity contribution in [3.05, 3.63) is 35.9 Å². The van der Waals surface area contributed by atoms with Gasteiger partial charge in [-0.15, -0.1) is 0 Å². The number of benzene rings is 1. The lowest BCUT2D eigenvalue weighted by molar-refractivity contribution is -0.126. The molecule has 1 aliphatic carbocycles. The van der Waals surface area contributed by atoms with Crippen LogP contribution >= 0.6 is 0 Å². The first kappa shape index (κ1) is 16.3. The molecule has 22 heavy (non-hydrogen) atoms. The zero-order valence-electron chi connectivity index (χ0n) is 13.0. The van der Waals surface area contributed by atoms with Crippen LogP contribution in [0.5, 0.6) is 0 Å². The molecule has 5 heteroatoms. The van der Waals surface area contributed by atoms with E-state index in [4.69, 9.17) is 10.6 Å². The predicted molar refractivity (Wildman–Crippen MR) is 87.4 cm³/mol. The van der Waals surface area contributed by atoms with E-state index in [1.165, 1.54) is 25.7 Å². The van der Waals surface area contributed by atoms with E-state index >= 15 is 0 Å². The second-order valence-corrected chi connectivity index (χ2v) is 5.77. The van der Waals surface area contributed by atoms with E-state index in [9.17, 15) is 4.79 Å². The first-order chi connectivity index (χ1) is 10.7. The maximum Gasteiger partial charge on any atom is 0.260 e. The van der Waals surface area contributed by atoms with Crippen molar-refractivity contribution in [2.75, 3.05) is 6.61 Å². The molecule has 1 saturated carbocycles. The first-order valence-corrected chi connectivity index (χ1v) is 8.01. The zero-order chi connectivity index (χ0) is 15.6. The number of nitrogens with zero attached hydrogens (tertiary/aromatic N) is 1. The van der Waals surface area contributed by atoms with Gasteiger partial charge in [-0.2, -0.15) is 0 Å². The lowest BCUT2D eigenvalue weighted by Crippen LogP contribution is -2.36. The first-order valence-electron chi connectivity index (χ1n) is 8.01. The maximum atomic E-state index is 11.8. The summed E-state index contributed by atoms with van der Waals surface area (Å²) in [6.45, 7) is -0.0774. The Morgan fingerprint density at radius 2 is 1.86 bits per heavy atom. The van der Waals surface area contributed by atoms with E-state index in [2.05, 4.69) is 10.5 Å². The highest BCUT2D eigenvalue weighted by Crippen LogP contribution is 2.16. The Hall–Kier alpha value is -2.04. The van der Waals surface area contributed by atoms with Gasteiger partial charge in [-0.1, -0.05) is 61.2 Å². The molecule has 0 unspecified atom stereocenters. The van der Waals surface area contributed by atoms with Crippen LogP contribution in [0.4, 0.5) is 0 Å². The van der Waals surface area contributed by atoms with Crippen LogP contribution in [0.25, 0.3) is 0 Å². The van der Waals surface area contributed by atoms with Crippen LogP contribution in [0.15, 0.2) is 35.5 Å². The SMILES string of the molecule is N/C(Cc1ccccc1)=N/OCC(=O)NC1CCCCCC1. The average molecular weight is 303 g/mol. The van der Waals surface area contributed by atoms with Gasteiger partial charge >= 0.3 is 0 Å². The van der Waals surface area contributed by atoms with Crippen LogP contribution in [-0.2, 0) is 16.1 Å².